The number of nitrogens with zero attached hydrogens (tertiary/aromatic N) is 3. The van der Waals surface area contributed by atoms with Gasteiger partial charge in [-0.05, 0) is 51.0 Å². The summed E-state index contributed by atoms with van der Waals surface area (Å²) in [4.78, 5) is 20.9. The van der Waals surface area contributed by atoms with Gasteiger partial charge in [0.1, 0.15) is 23.1 Å². The highest BCUT2D eigenvalue weighted by molar-refractivity contribution is 6.02. The third-order valence-electron chi connectivity index (χ3n) is 3.43. The molecule has 1 aromatic carbocycles. The fourth-order valence-corrected chi connectivity index (χ4v) is 2.55. The van der Waals surface area contributed by atoms with Gasteiger partial charge >= 0.3 is 0 Å². The molecular weight excluding hydrogens is 318 g/mol. The van der Waals surface area contributed by atoms with E-state index in [9.17, 15) is 4.79 Å². The number of hydrogen-bond acceptors (Lipinski definition) is 6. The zero-order valence-electron chi connectivity index (χ0n) is 14.5. The van der Waals surface area contributed by atoms with Crippen molar-refractivity contribution in [3.63, 3.8) is 0 Å². The van der Waals surface area contributed by atoms with Gasteiger partial charge in [-0.2, -0.15) is 0 Å². The average Bonchev–Trinajstić information content (AvgIpc) is 2.90. The number of amides is 1. The molecule has 7 heteroatoms. The van der Waals surface area contributed by atoms with Crippen LogP contribution in [0.1, 0.15) is 33.2 Å². The van der Waals surface area contributed by atoms with Gasteiger partial charge in [-0.1, -0.05) is 11.2 Å². The van der Waals surface area contributed by atoms with Crippen molar-refractivity contribution in [2.45, 2.75) is 27.7 Å². The van der Waals surface area contributed by atoms with Gasteiger partial charge in [-0.15, -0.1) is 0 Å². The Bertz CT molecular complexity index is 913. The lowest BCUT2D eigenvalue weighted by Gasteiger charge is -2.10. The number of anilines is 3. The molecule has 0 unspecified atom stereocenters. The molecule has 2 aromatic heterocycles. The lowest BCUT2D eigenvalue weighted by atomic mass is 10.1. The maximum atomic E-state index is 12.4. The average molecular weight is 337 g/mol. The van der Waals surface area contributed by atoms with Crippen LogP contribution in [0.25, 0.3) is 0 Å². The number of aromatic nitrogens is 3. The standard InChI is InChI=1S/C18H19N5O2/c1-10-5-11(2)7-14(6-10)21-16-9-15(19-13(4)20-16)18(24)22-17-8-12(3)25-23-17/h5-9H,1-4H3,(H,19,20,21)(H,22,23,24). The molecule has 3 rings (SSSR count). The minimum absolute atomic E-state index is 0.250. The Kier molecular flexibility index (Phi) is 4.47. The van der Waals surface area contributed by atoms with Gasteiger partial charge in [0.05, 0.1) is 0 Å². The maximum absolute atomic E-state index is 12.4. The van der Waals surface area contributed by atoms with Crippen LogP contribution in [-0.2, 0) is 0 Å². The minimum Gasteiger partial charge on any atom is -0.360 e. The monoisotopic (exact) mass is 337 g/mol. The Balaban J connectivity index is 1.83. The molecule has 0 saturated carbocycles. The number of rotatable bonds is 4. The third kappa shape index (κ3) is 4.20. The van der Waals surface area contributed by atoms with Crippen molar-refractivity contribution < 1.29 is 9.32 Å². The highest BCUT2D eigenvalue weighted by Gasteiger charge is 2.13. The van der Waals surface area contributed by atoms with E-state index in [4.69, 9.17) is 4.52 Å². The molecule has 25 heavy (non-hydrogen) atoms. The van der Waals surface area contributed by atoms with Gasteiger partial charge in [0.2, 0.25) is 0 Å². The van der Waals surface area contributed by atoms with E-state index in [0.717, 1.165) is 16.8 Å². The summed E-state index contributed by atoms with van der Waals surface area (Å²) in [5.74, 6) is 1.64. The predicted octanol–water partition coefficient (Wildman–Crippen LogP) is 3.69. The SMILES string of the molecule is Cc1cc(C)cc(Nc2cc(C(=O)Nc3cc(C)on3)nc(C)n2)c1. The molecule has 128 valence electrons. The van der Waals surface area contributed by atoms with Gasteiger partial charge in [0.25, 0.3) is 5.91 Å². The Morgan fingerprint density at radius 2 is 1.64 bits per heavy atom. The number of hydrogen-bond donors (Lipinski definition) is 2. The van der Waals surface area contributed by atoms with Crippen molar-refractivity contribution in [3.05, 3.63) is 58.7 Å². The van der Waals surface area contributed by atoms with Crippen LogP contribution in [0.3, 0.4) is 0 Å². The summed E-state index contributed by atoms with van der Waals surface area (Å²) < 4.78 is 4.94. The molecule has 2 N–H and O–H groups in total. The normalized spacial score (nSPS) is 10.6. The Morgan fingerprint density at radius 3 is 2.28 bits per heavy atom. The van der Waals surface area contributed by atoms with Crippen molar-refractivity contribution in [1.29, 1.82) is 0 Å². The van der Waals surface area contributed by atoms with Crippen molar-refractivity contribution in [2.75, 3.05) is 10.6 Å². The summed E-state index contributed by atoms with van der Waals surface area (Å²) in [6, 6.07) is 9.37. The number of benzene rings is 1. The van der Waals surface area contributed by atoms with E-state index < -0.39 is 0 Å². The zero-order valence-corrected chi connectivity index (χ0v) is 14.5. The first kappa shape index (κ1) is 16.6. The van der Waals surface area contributed by atoms with Crippen LogP contribution in [0, 0.1) is 27.7 Å². The molecule has 0 atom stereocenters. The third-order valence-corrected chi connectivity index (χ3v) is 3.43. The van der Waals surface area contributed by atoms with Crippen molar-refractivity contribution >= 4 is 23.2 Å². The Morgan fingerprint density at radius 1 is 0.920 bits per heavy atom. The molecule has 0 bridgehead atoms. The summed E-state index contributed by atoms with van der Waals surface area (Å²) in [7, 11) is 0. The van der Waals surface area contributed by atoms with Crippen LogP contribution in [0.4, 0.5) is 17.3 Å². The molecule has 0 spiro atoms. The Labute approximate surface area is 145 Å². The number of nitrogens with one attached hydrogen (secondary N) is 2. The van der Waals surface area contributed by atoms with E-state index in [2.05, 4.69) is 31.8 Å². The van der Waals surface area contributed by atoms with Gasteiger partial charge in [-0.25, -0.2) is 9.97 Å². The summed E-state index contributed by atoms with van der Waals surface area (Å²) in [6.45, 7) is 7.55. The largest absolute Gasteiger partial charge is 0.360 e. The van der Waals surface area contributed by atoms with Gasteiger partial charge in [0.15, 0.2) is 5.82 Å². The number of carbonyl (C=O) groups is 1. The van der Waals surface area contributed by atoms with Crippen LogP contribution >= 0.6 is 0 Å². The van der Waals surface area contributed by atoms with E-state index in [0.29, 0.717) is 23.2 Å². The van der Waals surface area contributed by atoms with Crippen molar-refractivity contribution in [2.24, 2.45) is 0 Å². The van der Waals surface area contributed by atoms with E-state index in [1.54, 1.807) is 26.0 Å². The molecular formula is C18H19N5O2. The maximum Gasteiger partial charge on any atom is 0.275 e. The summed E-state index contributed by atoms with van der Waals surface area (Å²) in [5, 5.41) is 9.63. The predicted molar refractivity (Wildman–Crippen MR) is 95.2 cm³/mol. The number of aryl methyl sites for hydroxylation is 4. The topological polar surface area (TPSA) is 92.9 Å². The molecule has 0 saturated heterocycles. The molecule has 0 aliphatic carbocycles. The minimum atomic E-state index is -0.373. The summed E-state index contributed by atoms with van der Waals surface area (Å²) in [6.07, 6.45) is 0. The van der Waals surface area contributed by atoms with Crippen LogP contribution in [0.5, 0.6) is 0 Å². The fourth-order valence-electron chi connectivity index (χ4n) is 2.55. The Hall–Kier alpha value is -3.22. The van der Waals surface area contributed by atoms with Crippen molar-refractivity contribution in [1.82, 2.24) is 15.1 Å². The highest BCUT2D eigenvalue weighted by Crippen LogP contribution is 2.19. The molecule has 0 aliphatic heterocycles. The van der Waals surface area contributed by atoms with Crippen molar-refractivity contribution in [3.8, 4) is 0 Å². The highest BCUT2D eigenvalue weighted by atomic mass is 16.5. The lowest BCUT2D eigenvalue weighted by Crippen LogP contribution is -2.15. The van der Waals surface area contributed by atoms with E-state index in [1.807, 2.05) is 26.0 Å². The van der Waals surface area contributed by atoms with E-state index >= 15 is 0 Å². The number of carbonyl (C=O) groups excluding carboxylic acids is 1. The molecule has 0 aliphatic rings. The van der Waals surface area contributed by atoms with E-state index in [1.165, 1.54) is 0 Å². The van der Waals surface area contributed by atoms with Crippen LogP contribution in [-0.4, -0.2) is 21.0 Å². The van der Waals surface area contributed by atoms with E-state index in [-0.39, 0.29) is 11.6 Å². The molecule has 7 nitrogen and oxygen atoms in total. The first-order valence-corrected chi connectivity index (χ1v) is 7.85. The zero-order chi connectivity index (χ0) is 18.0. The second-order valence-corrected chi connectivity index (χ2v) is 5.96. The summed E-state index contributed by atoms with van der Waals surface area (Å²) in [5.41, 5.74) is 3.45. The first-order chi connectivity index (χ1) is 11.9. The second kappa shape index (κ2) is 6.72. The molecule has 0 radical (unpaired) electrons. The smallest absolute Gasteiger partial charge is 0.275 e. The van der Waals surface area contributed by atoms with Gasteiger partial charge in [0, 0.05) is 17.8 Å². The second-order valence-electron chi connectivity index (χ2n) is 5.96. The lowest BCUT2D eigenvalue weighted by molar-refractivity contribution is 0.102. The summed E-state index contributed by atoms with van der Waals surface area (Å²) >= 11 is 0. The molecule has 2 heterocycles. The van der Waals surface area contributed by atoms with Gasteiger partial charge in [-0.3, -0.25) is 4.79 Å². The quantitative estimate of drug-likeness (QED) is 0.754. The van der Waals surface area contributed by atoms with Crippen LogP contribution in [0.15, 0.2) is 34.9 Å². The first-order valence-electron chi connectivity index (χ1n) is 7.85. The fraction of sp³-hybridized carbons (Fsp3) is 0.222. The van der Waals surface area contributed by atoms with Gasteiger partial charge < -0.3 is 15.2 Å². The molecule has 0 fully saturated rings. The van der Waals surface area contributed by atoms with Crippen LogP contribution < -0.4 is 10.6 Å². The molecule has 1 amide bonds. The molecule has 3 aromatic rings. The van der Waals surface area contributed by atoms with Crippen LogP contribution in [0.2, 0.25) is 0 Å².